The van der Waals surface area contributed by atoms with Crippen molar-refractivity contribution in [2.24, 2.45) is 5.73 Å². The van der Waals surface area contributed by atoms with Crippen LogP contribution < -0.4 is 10.5 Å². The van der Waals surface area contributed by atoms with Crippen molar-refractivity contribution < 1.29 is 4.74 Å². The van der Waals surface area contributed by atoms with Crippen molar-refractivity contribution >= 4 is 0 Å². The van der Waals surface area contributed by atoms with Gasteiger partial charge in [0.2, 0.25) is 0 Å². The van der Waals surface area contributed by atoms with Crippen LogP contribution in [-0.2, 0) is 6.42 Å². The average Bonchev–Trinajstić information content (AvgIpc) is 2.55. The molecule has 23 heavy (non-hydrogen) atoms. The molecule has 0 amide bonds. The summed E-state index contributed by atoms with van der Waals surface area (Å²) < 4.78 is 5.72. The lowest BCUT2D eigenvalue weighted by molar-refractivity contribution is 0.309. The molecular formula is C21H29NO. The number of hydrogen-bond acceptors (Lipinski definition) is 2. The summed E-state index contributed by atoms with van der Waals surface area (Å²) in [6.07, 6.45) is 3.23. The molecule has 0 bridgehead atoms. The van der Waals surface area contributed by atoms with E-state index in [0.29, 0.717) is 12.5 Å². The highest BCUT2D eigenvalue weighted by atomic mass is 16.5. The molecule has 124 valence electrons. The molecule has 2 N–H and O–H groups in total. The second-order valence-corrected chi connectivity index (χ2v) is 6.34. The lowest BCUT2D eigenvalue weighted by atomic mass is 9.88. The van der Waals surface area contributed by atoms with Crippen molar-refractivity contribution in [1.29, 1.82) is 0 Å². The predicted molar refractivity (Wildman–Crippen MR) is 98.3 cm³/mol. The Kier molecular flexibility index (Phi) is 6.66. The van der Waals surface area contributed by atoms with Crippen molar-refractivity contribution in [1.82, 2.24) is 0 Å². The summed E-state index contributed by atoms with van der Waals surface area (Å²) in [6.45, 7) is 7.94. The van der Waals surface area contributed by atoms with Crippen LogP contribution in [0.2, 0.25) is 0 Å². The number of nitrogens with two attached hydrogens (primary N) is 1. The van der Waals surface area contributed by atoms with Crippen molar-refractivity contribution in [2.45, 2.75) is 46.0 Å². The maximum absolute atomic E-state index is 6.05. The number of unbranched alkanes of at least 4 members (excludes halogenated alkanes) is 1. The van der Waals surface area contributed by atoms with Gasteiger partial charge in [-0.25, -0.2) is 0 Å². The molecule has 0 aromatic heterocycles. The van der Waals surface area contributed by atoms with Crippen LogP contribution in [0.25, 0.3) is 0 Å². The normalized spacial score (nSPS) is 12.2. The summed E-state index contributed by atoms with van der Waals surface area (Å²) in [6, 6.07) is 15.1. The third-order valence-corrected chi connectivity index (χ3v) is 4.32. The molecule has 2 aromatic carbocycles. The fourth-order valence-electron chi connectivity index (χ4n) is 2.94. The summed E-state index contributed by atoms with van der Waals surface area (Å²) in [5.74, 6) is 1.32. The topological polar surface area (TPSA) is 35.2 Å². The molecule has 0 saturated heterocycles. The van der Waals surface area contributed by atoms with Crippen LogP contribution in [0.3, 0.4) is 0 Å². The van der Waals surface area contributed by atoms with Crippen molar-refractivity contribution in [3.05, 3.63) is 64.7 Å². The van der Waals surface area contributed by atoms with Gasteiger partial charge >= 0.3 is 0 Å². The molecule has 1 unspecified atom stereocenters. The van der Waals surface area contributed by atoms with E-state index in [9.17, 15) is 0 Å². The van der Waals surface area contributed by atoms with Crippen LogP contribution in [0.15, 0.2) is 42.5 Å². The molecule has 0 heterocycles. The lowest BCUT2D eigenvalue weighted by Crippen LogP contribution is -2.16. The average molecular weight is 311 g/mol. The van der Waals surface area contributed by atoms with E-state index >= 15 is 0 Å². The Labute approximate surface area is 140 Å². The van der Waals surface area contributed by atoms with E-state index in [-0.39, 0.29) is 0 Å². The van der Waals surface area contributed by atoms with Gasteiger partial charge < -0.3 is 10.5 Å². The maximum atomic E-state index is 6.05. The van der Waals surface area contributed by atoms with E-state index in [1.165, 1.54) is 22.3 Å². The van der Waals surface area contributed by atoms with Gasteiger partial charge in [0, 0.05) is 5.92 Å². The molecule has 0 fully saturated rings. The first-order valence-corrected chi connectivity index (χ1v) is 8.63. The minimum atomic E-state index is 0.363. The zero-order valence-corrected chi connectivity index (χ0v) is 14.6. The van der Waals surface area contributed by atoms with Gasteiger partial charge in [-0.1, -0.05) is 49.2 Å². The molecule has 2 heteroatoms. The van der Waals surface area contributed by atoms with E-state index in [0.717, 1.165) is 31.6 Å². The van der Waals surface area contributed by atoms with Crippen LogP contribution in [0.1, 0.15) is 47.9 Å². The third kappa shape index (κ3) is 5.11. The molecule has 2 rings (SSSR count). The van der Waals surface area contributed by atoms with Crippen molar-refractivity contribution in [2.75, 3.05) is 13.2 Å². The van der Waals surface area contributed by atoms with Crippen molar-refractivity contribution in [3.8, 4) is 5.75 Å². The largest absolute Gasteiger partial charge is 0.494 e. The molecule has 0 saturated carbocycles. The summed E-state index contributed by atoms with van der Waals surface area (Å²) >= 11 is 0. The Hall–Kier alpha value is -1.80. The molecule has 0 aliphatic carbocycles. The smallest absolute Gasteiger partial charge is 0.119 e. The van der Waals surface area contributed by atoms with Gasteiger partial charge in [0.15, 0.2) is 0 Å². The van der Waals surface area contributed by atoms with Gasteiger partial charge in [0.25, 0.3) is 0 Å². The highest BCUT2D eigenvalue weighted by Crippen LogP contribution is 2.25. The summed E-state index contributed by atoms with van der Waals surface area (Å²) in [5, 5.41) is 0. The molecule has 1 atom stereocenters. The minimum absolute atomic E-state index is 0.363. The Morgan fingerprint density at radius 2 is 1.78 bits per heavy atom. The van der Waals surface area contributed by atoms with E-state index in [2.05, 4.69) is 63.2 Å². The molecule has 2 nitrogen and oxygen atoms in total. The van der Waals surface area contributed by atoms with Crippen LogP contribution >= 0.6 is 0 Å². The van der Waals surface area contributed by atoms with E-state index in [1.54, 1.807) is 0 Å². The molecule has 0 radical (unpaired) electrons. The third-order valence-electron chi connectivity index (χ3n) is 4.32. The van der Waals surface area contributed by atoms with E-state index in [1.807, 2.05) is 0 Å². The second-order valence-electron chi connectivity index (χ2n) is 6.34. The van der Waals surface area contributed by atoms with E-state index in [4.69, 9.17) is 10.5 Å². The molecular weight excluding hydrogens is 282 g/mol. The van der Waals surface area contributed by atoms with Crippen LogP contribution in [0, 0.1) is 13.8 Å². The Balaban J connectivity index is 2.03. The second kappa shape index (κ2) is 8.73. The van der Waals surface area contributed by atoms with Gasteiger partial charge in [-0.2, -0.15) is 0 Å². The summed E-state index contributed by atoms with van der Waals surface area (Å²) in [4.78, 5) is 0. The first-order valence-electron chi connectivity index (χ1n) is 8.63. The molecule has 2 aromatic rings. The number of ether oxygens (including phenoxy) is 1. The Bertz CT molecular complexity index is 604. The van der Waals surface area contributed by atoms with Crippen LogP contribution in [0.5, 0.6) is 5.75 Å². The number of hydrogen-bond donors (Lipinski definition) is 1. The zero-order valence-electron chi connectivity index (χ0n) is 14.6. The summed E-state index contributed by atoms with van der Waals surface area (Å²) in [7, 11) is 0. The predicted octanol–water partition coefficient (Wildman–Crippen LogP) is 4.77. The van der Waals surface area contributed by atoms with Gasteiger partial charge in [0.1, 0.15) is 5.75 Å². The summed E-state index contributed by atoms with van der Waals surface area (Å²) in [5.41, 5.74) is 11.4. The number of aryl methyl sites for hydroxylation is 2. The fourth-order valence-corrected chi connectivity index (χ4v) is 2.94. The Morgan fingerprint density at radius 3 is 2.39 bits per heavy atom. The van der Waals surface area contributed by atoms with Crippen molar-refractivity contribution in [3.63, 3.8) is 0 Å². The van der Waals surface area contributed by atoms with Gasteiger partial charge in [-0.15, -0.1) is 0 Å². The standard InChI is InChI=1S/C21H29NO/c1-4-5-12-23-20-9-7-18(8-10-20)14-19(15-22)21-11-6-16(2)13-17(21)3/h6-11,13,19H,4-5,12,14-15,22H2,1-3H3. The van der Waals surface area contributed by atoms with Gasteiger partial charge in [-0.3, -0.25) is 0 Å². The first-order chi connectivity index (χ1) is 11.1. The fraction of sp³-hybridized carbons (Fsp3) is 0.429. The SMILES string of the molecule is CCCCOc1ccc(CC(CN)c2ccc(C)cc2C)cc1. The first kappa shape index (κ1) is 17.6. The van der Waals surface area contributed by atoms with E-state index < -0.39 is 0 Å². The highest BCUT2D eigenvalue weighted by molar-refractivity contribution is 5.35. The quantitative estimate of drug-likeness (QED) is 0.713. The zero-order chi connectivity index (χ0) is 16.7. The Morgan fingerprint density at radius 1 is 1.04 bits per heavy atom. The monoisotopic (exact) mass is 311 g/mol. The minimum Gasteiger partial charge on any atom is -0.494 e. The molecule has 0 aliphatic rings. The van der Waals surface area contributed by atoms with Gasteiger partial charge in [0.05, 0.1) is 6.61 Å². The molecule has 0 aliphatic heterocycles. The number of rotatable bonds is 8. The number of benzene rings is 2. The van der Waals surface area contributed by atoms with Crippen LogP contribution in [0.4, 0.5) is 0 Å². The molecule has 0 spiro atoms. The highest BCUT2D eigenvalue weighted by Gasteiger charge is 2.13. The lowest BCUT2D eigenvalue weighted by Gasteiger charge is -2.18. The van der Waals surface area contributed by atoms with Gasteiger partial charge in [-0.05, 0) is 62.1 Å². The maximum Gasteiger partial charge on any atom is 0.119 e. The van der Waals surface area contributed by atoms with Crippen LogP contribution in [-0.4, -0.2) is 13.2 Å².